The van der Waals surface area contributed by atoms with E-state index in [0.29, 0.717) is 46.8 Å². The number of hydrogen-bond donors (Lipinski definition) is 5. The van der Waals surface area contributed by atoms with Crippen molar-refractivity contribution in [3.05, 3.63) is 76.4 Å². The summed E-state index contributed by atoms with van der Waals surface area (Å²) in [4.78, 5) is 31.9. The van der Waals surface area contributed by atoms with Gasteiger partial charge in [0.2, 0.25) is 5.95 Å². The number of hydrogen-bond acceptors (Lipinski definition) is 11. The molecule has 53 heavy (non-hydrogen) atoms. The van der Waals surface area contributed by atoms with E-state index in [1.165, 1.54) is 18.4 Å². The third-order valence-corrected chi connectivity index (χ3v) is 12.5. The van der Waals surface area contributed by atoms with Gasteiger partial charge in [0.25, 0.3) is 0 Å². The van der Waals surface area contributed by atoms with Crippen LogP contribution >= 0.6 is 0 Å². The van der Waals surface area contributed by atoms with Crippen LogP contribution in [0, 0.1) is 11.3 Å². The molecule has 1 saturated carbocycles. The van der Waals surface area contributed by atoms with Gasteiger partial charge in [-0.2, -0.15) is 0 Å². The Hall–Kier alpha value is -5.04. The molecule has 3 fully saturated rings. The number of nitrogens with zero attached hydrogens (tertiary/aromatic N) is 6. The van der Waals surface area contributed by atoms with E-state index in [0.717, 1.165) is 93.4 Å². The summed E-state index contributed by atoms with van der Waals surface area (Å²) >= 11 is 0. The van der Waals surface area contributed by atoms with Crippen molar-refractivity contribution < 1.29 is 19.5 Å². The molecule has 1 atom stereocenters. The Kier molecular flexibility index (Phi) is 9.30. The number of nitrogens with two attached hydrogens (primary N) is 2. The second kappa shape index (κ2) is 14.1. The number of fused-ring (bicyclic) bond motifs is 1. The average Bonchev–Trinajstić information content (AvgIpc) is 3.74. The van der Waals surface area contributed by atoms with E-state index in [4.69, 9.17) is 26.0 Å². The van der Waals surface area contributed by atoms with Gasteiger partial charge in [-0.1, -0.05) is 31.1 Å². The summed E-state index contributed by atoms with van der Waals surface area (Å²) in [7, 11) is 0. The number of aliphatic carboxylic acids is 1. The minimum Gasteiger partial charge on any atom is -0.507 e. The van der Waals surface area contributed by atoms with Crippen LogP contribution < -0.4 is 21.3 Å². The molecule has 6 heterocycles. The molecule has 1 spiro atoms. The molecule has 13 heteroatoms. The first-order chi connectivity index (χ1) is 25.6. The Bertz CT molecular complexity index is 1960. The van der Waals surface area contributed by atoms with Gasteiger partial charge in [-0.25, -0.2) is 9.97 Å². The van der Waals surface area contributed by atoms with Crippen LogP contribution in [0.1, 0.15) is 97.9 Å². The van der Waals surface area contributed by atoms with Gasteiger partial charge >= 0.3 is 5.97 Å². The Morgan fingerprint density at radius 1 is 1.06 bits per heavy atom. The number of nitrogens with one attached hydrogen (secondary N) is 1. The number of aromatic nitrogens is 4. The molecule has 3 aromatic heterocycles. The lowest BCUT2D eigenvalue weighted by molar-refractivity contribution is -0.140. The number of nitrogen functional groups attached to an aromatic ring is 1. The highest BCUT2D eigenvalue weighted by atomic mass is 16.5. The van der Waals surface area contributed by atoms with Gasteiger partial charge in [0.1, 0.15) is 17.5 Å². The lowest BCUT2D eigenvalue weighted by Gasteiger charge is -2.56. The van der Waals surface area contributed by atoms with E-state index in [2.05, 4.69) is 24.8 Å². The number of aromatic hydroxyl groups is 1. The van der Waals surface area contributed by atoms with Crippen LogP contribution in [-0.4, -0.2) is 80.0 Å². The molecule has 1 aliphatic carbocycles. The van der Waals surface area contributed by atoms with Crippen LogP contribution in [0.3, 0.4) is 0 Å². The van der Waals surface area contributed by atoms with Gasteiger partial charge in [-0.05, 0) is 92.6 Å². The molecule has 0 bridgehead atoms. The molecule has 1 aromatic carbocycles. The number of carbonyl (C=O) groups is 1. The van der Waals surface area contributed by atoms with Crippen LogP contribution in [0.25, 0.3) is 11.8 Å². The zero-order chi connectivity index (χ0) is 36.9. The highest BCUT2D eigenvalue weighted by Gasteiger charge is 2.48. The van der Waals surface area contributed by atoms with Crippen molar-refractivity contribution in [3.63, 3.8) is 0 Å². The Labute approximate surface area is 310 Å². The topological polar surface area (TPSA) is 187 Å². The van der Waals surface area contributed by atoms with Gasteiger partial charge in [-0.3, -0.25) is 4.79 Å². The molecule has 1 unspecified atom stereocenters. The summed E-state index contributed by atoms with van der Waals surface area (Å²) in [5, 5.41) is 24.2. The first-order valence-electron chi connectivity index (χ1n) is 19.1. The molecule has 0 radical (unpaired) electrons. The van der Waals surface area contributed by atoms with Crippen molar-refractivity contribution in [1.29, 1.82) is 0 Å². The average molecular weight is 722 g/mol. The Morgan fingerprint density at radius 3 is 2.45 bits per heavy atom. The van der Waals surface area contributed by atoms with E-state index in [1.807, 2.05) is 44.4 Å². The fourth-order valence-corrected chi connectivity index (χ4v) is 9.26. The molecule has 4 aliphatic rings. The highest BCUT2D eigenvalue weighted by molar-refractivity contribution is 5.86. The van der Waals surface area contributed by atoms with Gasteiger partial charge < -0.3 is 45.9 Å². The summed E-state index contributed by atoms with van der Waals surface area (Å²) in [6, 6.07) is 9.52. The maximum atomic E-state index is 11.8. The van der Waals surface area contributed by atoms with Gasteiger partial charge in [0.15, 0.2) is 11.6 Å². The number of aromatic amines is 1. The van der Waals surface area contributed by atoms with Crippen molar-refractivity contribution in [2.45, 2.75) is 83.2 Å². The number of likely N-dealkylation sites (tertiary alicyclic amines) is 1. The fourth-order valence-electron chi connectivity index (χ4n) is 9.26. The first kappa shape index (κ1) is 35.0. The lowest BCUT2D eigenvalue weighted by atomic mass is 9.59. The van der Waals surface area contributed by atoms with Crippen LogP contribution in [0.15, 0.2) is 47.2 Å². The quantitative estimate of drug-likeness (QED) is 0.145. The van der Waals surface area contributed by atoms with Crippen molar-refractivity contribution in [3.8, 4) is 5.75 Å². The number of phenolic OH excluding ortho intramolecular Hbond substituents is 1. The van der Waals surface area contributed by atoms with Crippen LogP contribution in [0.5, 0.6) is 5.75 Å². The highest BCUT2D eigenvalue weighted by Crippen LogP contribution is 2.52. The minimum atomic E-state index is -0.870. The number of H-pyrrole nitrogens is 1. The van der Waals surface area contributed by atoms with Crippen molar-refractivity contribution in [1.82, 2.24) is 25.0 Å². The van der Waals surface area contributed by atoms with Crippen molar-refractivity contribution >= 4 is 35.3 Å². The molecule has 0 amide bonds. The number of carboxylic acid groups (broad SMARTS) is 1. The van der Waals surface area contributed by atoms with Gasteiger partial charge in [0.05, 0.1) is 0 Å². The molecule has 4 aromatic rings. The van der Waals surface area contributed by atoms with Crippen LogP contribution in [-0.2, 0) is 17.8 Å². The third kappa shape index (κ3) is 6.82. The number of carboxylic acids is 1. The van der Waals surface area contributed by atoms with Gasteiger partial charge in [0, 0.05) is 85.2 Å². The molecule has 3 aliphatic heterocycles. The number of anilines is 3. The van der Waals surface area contributed by atoms with Crippen LogP contribution in [0.4, 0.5) is 17.6 Å². The molecule has 7 N–H and O–H groups in total. The summed E-state index contributed by atoms with van der Waals surface area (Å²) in [5.41, 5.74) is 18.5. The summed E-state index contributed by atoms with van der Waals surface area (Å²) in [6.07, 6.45) is 13.7. The van der Waals surface area contributed by atoms with E-state index in [-0.39, 0.29) is 11.7 Å². The summed E-state index contributed by atoms with van der Waals surface area (Å²) < 4.78 is 5.50. The summed E-state index contributed by atoms with van der Waals surface area (Å²) in [5.74, 6) is 1.49. The molecule has 280 valence electrons. The van der Waals surface area contributed by atoms with E-state index in [9.17, 15) is 15.0 Å². The molecular formula is C40H51N9O4. The Morgan fingerprint density at radius 2 is 1.77 bits per heavy atom. The predicted molar refractivity (Wildman–Crippen MR) is 204 cm³/mol. The largest absolute Gasteiger partial charge is 0.507 e. The normalized spacial score (nSPS) is 20.5. The molecule has 2 saturated heterocycles. The second-order valence-corrected chi connectivity index (χ2v) is 16.0. The smallest absolute Gasteiger partial charge is 0.314 e. The third-order valence-electron chi connectivity index (χ3n) is 12.5. The first-order valence-corrected chi connectivity index (χ1v) is 19.1. The number of phenols is 1. The van der Waals surface area contributed by atoms with Crippen molar-refractivity contribution in [2.75, 3.05) is 48.3 Å². The summed E-state index contributed by atoms with van der Waals surface area (Å²) in [6.45, 7) is 9.27. The van der Waals surface area contributed by atoms with E-state index >= 15 is 0 Å². The lowest BCUT2D eigenvalue weighted by Crippen LogP contribution is -2.56. The van der Waals surface area contributed by atoms with E-state index in [1.54, 1.807) is 18.2 Å². The number of rotatable bonds is 9. The number of piperidine rings is 2. The van der Waals surface area contributed by atoms with Crippen LogP contribution in [0.2, 0.25) is 0 Å². The van der Waals surface area contributed by atoms with Gasteiger partial charge in [-0.15, -0.1) is 0 Å². The fraction of sp³-hybridized carbons (Fsp3) is 0.500. The minimum absolute atomic E-state index is 0.0628. The zero-order valence-corrected chi connectivity index (χ0v) is 30.7. The van der Waals surface area contributed by atoms with E-state index < -0.39 is 11.9 Å². The number of benzene rings is 1. The zero-order valence-electron chi connectivity index (χ0n) is 30.7. The standard InChI is InChI=1S/C40H51N9O4/c1-24(2)36(38(51)52)34-18-35(46-53-34)48-15-10-40(11-16-48)19-27(20-40)47-12-7-25(8-13-47)26-21-43-39(44-22-26)49-14-9-32-30(23-49)29(37(42)45-32)17-31(41)28-5-3-4-6-33(28)50/h3-6,17-18,21-22,24-25,27,36,45,50H,7-16,19-20,23,41-42H2,1-2H3,(H,51,52)/b31-17-. The monoisotopic (exact) mass is 721 g/mol. The number of para-hydroxylation sites is 1. The SMILES string of the molecule is CC(C)C(C(=O)O)c1cc(N2CCC3(CC2)CC(N2CCC(c4cnc(N5CCc6[nH]c(N)c(/C=C(\N)c7ccccc7O)c6C5)nc4)CC2)C3)no1. The molecule has 8 rings (SSSR count). The Balaban J connectivity index is 0.821. The predicted octanol–water partition coefficient (Wildman–Crippen LogP) is 5.55. The molecule has 13 nitrogen and oxygen atoms in total. The maximum Gasteiger partial charge on any atom is 0.314 e. The molecular weight excluding hydrogens is 670 g/mol. The maximum absolute atomic E-state index is 11.8. The van der Waals surface area contributed by atoms with Crippen molar-refractivity contribution in [2.24, 2.45) is 17.1 Å². The second-order valence-electron chi connectivity index (χ2n) is 16.0.